The first-order valence-corrected chi connectivity index (χ1v) is 7.28. The highest BCUT2D eigenvalue weighted by atomic mass is 19.1. The summed E-state index contributed by atoms with van der Waals surface area (Å²) >= 11 is 0. The van der Waals surface area contributed by atoms with Crippen molar-refractivity contribution in [2.24, 2.45) is 5.92 Å². The molecule has 2 rings (SSSR count). The molecule has 1 aliphatic rings. The number of rotatable bonds is 8. The zero-order valence-corrected chi connectivity index (χ0v) is 12.8. The van der Waals surface area contributed by atoms with Gasteiger partial charge in [-0.15, -0.1) is 0 Å². The molecule has 22 heavy (non-hydrogen) atoms. The van der Waals surface area contributed by atoms with Gasteiger partial charge in [-0.05, 0) is 24.0 Å². The average molecular weight is 313 g/mol. The van der Waals surface area contributed by atoms with Crippen molar-refractivity contribution in [2.45, 2.75) is 18.8 Å². The predicted octanol–water partition coefficient (Wildman–Crippen LogP) is 2.02. The highest BCUT2D eigenvalue weighted by molar-refractivity contribution is 5.77. The Labute approximate surface area is 128 Å². The fourth-order valence-electron chi connectivity index (χ4n) is 2.71. The molecule has 1 aromatic carbocycles. The van der Waals surface area contributed by atoms with Crippen molar-refractivity contribution in [3.05, 3.63) is 35.4 Å². The third kappa shape index (κ3) is 3.81. The Morgan fingerprint density at radius 1 is 1.41 bits per heavy atom. The maximum absolute atomic E-state index is 14.0. The smallest absolute Gasteiger partial charge is 0.246 e. The summed E-state index contributed by atoms with van der Waals surface area (Å²) in [5.41, 5.74) is 0.0157. The first-order chi connectivity index (χ1) is 10.5. The van der Waals surface area contributed by atoms with E-state index in [4.69, 9.17) is 9.47 Å². The molecular formula is C16H21F2NO3. The number of benzene rings is 1. The van der Waals surface area contributed by atoms with Crippen LogP contribution in [-0.2, 0) is 19.7 Å². The van der Waals surface area contributed by atoms with Crippen LogP contribution in [0.25, 0.3) is 0 Å². The molecule has 2 atom stereocenters. The second kappa shape index (κ2) is 7.15. The molecule has 1 amide bonds. The fourth-order valence-corrected chi connectivity index (χ4v) is 2.71. The van der Waals surface area contributed by atoms with E-state index in [-0.39, 0.29) is 18.4 Å². The van der Waals surface area contributed by atoms with E-state index in [1.807, 2.05) is 6.92 Å². The Kier molecular flexibility index (Phi) is 5.47. The molecule has 0 saturated heterocycles. The van der Waals surface area contributed by atoms with Gasteiger partial charge in [0.25, 0.3) is 0 Å². The molecular weight excluding hydrogens is 292 g/mol. The summed E-state index contributed by atoms with van der Waals surface area (Å²) in [6.07, 6.45) is 0.764. The van der Waals surface area contributed by atoms with Crippen molar-refractivity contribution in [3.63, 3.8) is 0 Å². The van der Waals surface area contributed by atoms with E-state index in [1.54, 1.807) is 7.11 Å². The van der Waals surface area contributed by atoms with Gasteiger partial charge in [0.1, 0.15) is 18.2 Å². The molecule has 1 fully saturated rings. The van der Waals surface area contributed by atoms with Crippen LogP contribution in [0.2, 0.25) is 0 Å². The van der Waals surface area contributed by atoms with Crippen LogP contribution in [0.1, 0.15) is 18.9 Å². The second-order valence-corrected chi connectivity index (χ2v) is 5.71. The standard InChI is InChI=1S/C16H21F2NO3/c1-11-8-16(11,13-4-3-12(17)7-14(13)18)10-19-15(20)9-22-6-5-21-2/h3-4,7,11H,5-6,8-10H2,1-2H3,(H,19,20). The van der Waals surface area contributed by atoms with Crippen LogP contribution in [-0.4, -0.2) is 39.4 Å². The second-order valence-electron chi connectivity index (χ2n) is 5.71. The summed E-state index contributed by atoms with van der Waals surface area (Å²) in [5.74, 6) is -1.17. The van der Waals surface area contributed by atoms with Gasteiger partial charge in [-0.1, -0.05) is 13.0 Å². The Balaban J connectivity index is 1.91. The van der Waals surface area contributed by atoms with Crippen LogP contribution < -0.4 is 5.32 Å². The Morgan fingerprint density at radius 2 is 2.14 bits per heavy atom. The molecule has 1 saturated carbocycles. The van der Waals surface area contributed by atoms with Gasteiger partial charge in [-0.2, -0.15) is 0 Å². The van der Waals surface area contributed by atoms with E-state index in [9.17, 15) is 13.6 Å². The van der Waals surface area contributed by atoms with E-state index in [0.29, 0.717) is 25.3 Å². The van der Waals surface area contributed by atoms with Gasteiger partial charge in [0, 0.05) is 25.1 Å². The average Bonchev–Trinajstić information content (AvgIpc) is 3.12. The summed E-state index contributed by atoms with van der Waals surface area (Å²) < 4.78 is 37.0. The number of amides is 1. The summed E-state index contributed by atoms with van der Waals surface area (Å²) in [6, 6.07) is 3.61. The lowest BCUT2D eigenvalue weighted by molar-refractivity contribution is -0.126. The van der Waals surface area contributed by atoms with Crippen molar-refractivity contribution in [3.8, 4) is 0 Å². The van der Waals surface area contributed by atoms with Crippen LogP contribution in [0, 0.1) is 17.6 Å². The summed E-state index contributed by atoms with van der Waals surface area (Å²) in [4.78, 5) is 11.7. The van der Waals surface area contributed by atoms with Crippen molar-refractivity contribution < 1.29 is 23.0 Å². The van der Waals surface area contributed by atoms with Gasteiger partial charge < -0.3 is 14.8 Å². The Morgan fingerprint density at radius 3 is 2.73 bits per heavy atom. The minimum absolute atomic E-state index is 0.0558. The molecule has 1 aliphatic carbocycles. The monoisotopic (exact) mass is 313 g/mol. The van der Waals surface area contributed by atoms with Gasteiger partial charge in [0.2, 0.25) is 5.91 Å². The maximum atomic E-state index is 14.0. The highest BCUT2D eigenvalue weighted by Crippen LogP contribution is 2.54. The first-order valence-electron chi connectivity index (χ1n) is 7.28. The fraction of sp³-hybridized carbons (Fsp3) is 0.562. The number of nitrogens with one attached hydrogen (secondary N) is 1. The van der Waals surface area contributed by atoms with Gasteiger partial charge in [-0.25, -0.2) is 8.78 Å². The molecule has 1 N–H and O–H groups in total. The van der Waals surface area contributed by atoms with Gasteiger partial charge in [0.05, 0.1) is 13.2 Å². The molecule has 0 aromatic heterocycles. The number of hydrogen-bond acceptors (Lipinski definition) is 3. The van der Waals surface area contributed by atoms with E-state index >= 15 is 0 Å². The number of ether oxygens (including phenoxy) is 2. The lowest BCUT2D eigenvalue weighted by atomic mass is 9.92. The van der Waals surface area contributed by atoms with E-state index < -0.39 is 17.0 Å². The lowest BCUT2D eigenvalue weighted by Crippen LogP contribution is -2.36. The molecule has 0 aliphatic heterocycles. The maximum Gasteiger partial charge on any atom is 0.246 e. The molecule has 0 spiro atoms. The van der Waals surface area contributed by atoms with E-state index in [0.717, 1.165) is 12.5 Å². The van der Waals surface area contributed by atoms with Crippen molar-refractivity contribution in [1.82, 2.24) is 5.32 Å². The topological polar surface area (TPSA) is 47.6 Å². The van der Waals surface area contributed by atoms with Crippen LogP contribution in [0.4, 0.5) is 8.78 Å². The zero-order chi connectivity index (χ0) is 16.2. The highest BCUT2D eigenvalue weighted by Gasteiger charge is 2.53. The molecule has 1 aromatic rings. The molecule has 0 heterocycles. The summed E-state index contributed by atoms with van der Waals surface area (Å²) in [5, 5.41) is 2.77. The SMILES string of the molecule is COCCOCC(=O)NCC1(c2ccc(F)cc2F)CC1C. The zero-order valence-electron chi connectivity index (χ0n) is 12.8. The molecule has 2 unspecified atom stereocenters. The number of hydrogen-bond donors (Lipinski definition) is 1. The molecule has 122 valence electrons. The van der Waals surface area contributed by atoms with Crippen molar-refractivity contribution in [1.29, 1.82) is 0 Å². The Bertz CT molecular complexity index is 538. The third-order valence-electron chi connectivity index (χ3n) is 4.19. The van der Waals surface area contributed by atoms with Crippen molar-refractivity contribution >= 4 is 5.91 Å². The van der Waals surface area contributed by atoms with Crippen LogP contribution in [0.5, 0.6) is 0 Å². The minimum atomic E-state index is -0.597. The number of carbonyl (C=O) groups is 1. The minimum Gasteiger partial charge on any atom is -0.382 e. The number of methoxy groups -OCH3 is 1. The third-order valence-corrected chi connectivity index (χ3v) is 4.19. The largest absolute Gasteiger partial charge is 0.382 e. The van der Waals surface area contributed by atoms with Crippen molar-refractivity contribution in [2.75, 3.05) is 33.5 Å². The molecule has 0 radical (unpaired) electrons. The van der Waals surface area contributed by atoms with Gasteiger partial charge >= 0.3 is 0 Å². The lowest BCUT2D eigenvalue weighted by Gasteiger charge is -2.19. The molecule has 4 nitrogen and oxygen atoms in total. The summed E-state index contributed by atoms with van der Waals surface area (Å²) in [7, 11) is 1.55. The van der Waals surface area contributed by atoms with Gasteiger partial charge in [-0.3, -0.25) is 4.79 Å². The summed E-state index contributed by atoms with van der Waals surface area (Å²) in [6.45, 7) is 3.03. The number of halogens is 2. The first kappa shape index (κ1) is 16.8. The molecule has 0 bridgehead atoms. The van der Waals surface area contributed by atoms with E-state index in [1.165, 1.54) is 12.1 Å². The van der Waals surface area contributed by atoms with Gasteiger partial charge in [0.15, 0.2) is 0 Å². The molecule has 6 heteroatoms. The van der Waals surface area contributed by atoms with Crippen LogP contribution >= 0.6 is 0 Å². The number of carbonyl (C=O) groups excluding carboxylic acids is 1. The van der Waals surface area contributed by atoms with Crippen LogP contribution in [0.3, 0.4) is 0 Å². The van der Waals surface area contributed by atoms with E-state index in [2.05, 4.69) is 5.32 Å². The Hall–Kier alpha value is -1.53. The van der Waals surface area contributed by atoms with Crippen LogP contribution in [0.15, 0.2) is 18.2 Å². The normalized spacial score (nSPS) is 23.4. The quantitative estimate of drug-likeness (QED) is 0.747. The predicted molar refractivity (Wildman–Crippen MR) is 77.5 cm³/mol.